The molecule has 0 aliphatic carbocycles. The number of aromatic nitrogens is 1. The van der Waals surface area contributed by atoms with Crippen LogP contribution in [0.5, 0.6) is 28.7 Å². The Bertz CT molecular complexity index is 1680. The van der Waals surface area contributed by atoms with Crippen molar-refractivity contribution in [2.24, 2.45) is 5.92 Å². The van der Waals surface area contributed by atoms with Crippen LogP contribution in [0.3, 0.4) is 0 Å². The molecule has 2 heterocycles. The van der Waals surface area contributed by atoms with Gasteiger partial charge in [-0.05, 0) is 68.1 Å². The molecule has 43 heavy (non-hydrogen) atoms. The first-order valence-corrected chi connectivity index (χ1v) is 15.7. The summed E-state index contributed by atoms with van der Waals surface area (Å²) >= 11 is 0. The van der Waals surface area contributed by atoms with Crippen LogP contribution in [0.1, 0.15) is 26.2 Å². The third-order valence-electron chi connectivity index (χ3n) is 7.36. The molecule has 9 nitrogen and oxygen atoms in total. The van der Waals surface area contributed by atoms with Gasteiger partial charge in [-0.1, -0.05) is 13.0 Å². The van der Waals surface area contributed by atoms with Crippen LogP contribution < -0.4 is 23.7 Å². The quantitative estimate of drug-likeness (QED) is 0.182. The molecule has 1 unspecified atom stereocenters. The molecule has 1 atom stereocenters. The fraction of sp³-hybridized carbons (Fsp3) is 0.344. The molecular formula is C32H36FN3O6S. The summed E-state index contributed by atoms with van der Waals surface area (Å²) in [5.41, 5.74) is 0.645. The SMILES string of the molecule is COc1cccc(S(=O)(=O)Nc2ccc(Oc3ccnc4cc(OCCCN5CCCC(C)C5)c(OC)cc34)c(F)c2)c1. The van der Waals surface area contributed by atoms with Gasteiger partial charge in [-0.25, -0.2) is 12.8 Å². The van der Waals surface area contributed by atoms with Gasteiger partial charge in [-0.2, -0.15) is 0 Å². The summed E-state index contributed by atoms with van der Waals surface area (Å²) in [6.45, 7) is 6.10. The number of rotatable bonds is 12. The second-order valence-electron chi connectivity index (χ2n) is 10.6. The molecule has 0 radical (unpaired) electrons. The number of halogens is 1. The number of nitrogens with one attached hydrogen (secondary N) is 1. The van der Waals surface area contributed by atoms with Gasteiger partial charge in [0.05, 0.1) is 36.9 Å². The third kappa shape index (κ3) is 7.47. The van der Waals surface area contributed by atoms with Gasteiger partial charge < -0.3 is 23.8 Å². The molecular weight excluding hydrogens is 573 g/mol. The summed E-state index contributed by atoms with van der Waals surface area (Å²) in [4.78, 5) is 6.92. The Morgan fingerprint density at radius 2 is 1.86 bits per heavy atom. The zero-order chi connectivity index (χ0) is 30.4. The maximum absolute atomic E-state index is 15.1. The molecule has 228 valence electrons. The van der Waals surface area contributed by atoms with E-state index in [0.29, 0.717) is 40.5 Å². The van der Waals surface area contributed by atoms with Crippen molar-refractivity contribution in [2.75, 3.05) is 45.2 Å². The summed E-state index contributed by atoms with van der Waals surface area (Å²) in [5.74, 6) is 1.75. The van der Waals surface area contributed by atoms with Crippen LogP contribution in [0.25, 0.3) is 10.9 Å². The van der Waals surface area contributed by atoms with E-state index in [9.17, 15) is 8.42 Å². The molecule has 1 aromatic heterocycles. The number of benzene rings is 3. The number of hydrogen-bond donors (Lipinski definition) is 1. The number of pyridine rings is 1. The predicted molar refractivity (Wildman–Crippen MR) is 164 cm³/mol. The molecule has 0 spiro atoms. The van der Waals surface area contributed by atoms with Gasteiger partial charge in [0.25, 0.3) is 10.0 Å². The van der Waals surface area contributed by atoms with Crippen LogP contribution in [0.4, 0.5) is 10.1 Å². The molecule has 0 saturated carbocycles. The average molecular weight is 610 g/mol. The van der Waals surface area contributed by atoms with Crippen LogP contribution in [-0.2, 0) is 10.0 Å². The first-order chi connectivity index (χ1) is 20.8. The minimum absolute atomic E-state index is 0.00947. The lowest BCUT2D eigenvalue weighted by molar-refractivity contribution is 0.169. The Morgan fingerprint density at radius 3 is 2.63 bits per heavy atom. The lowest BCUT2D eigenvalue weighted by atomic mass is 10.0. The monoisotopic (exact) mass is 609 g/mol. The minimum Gasteiger partial charge on any atom is -0.497 e. The zero-order valence-electron chi connectivity index (χ0n) is 24.5. The zero-order valence-corrected chi connectivity index (χ0v) is 25.3. The molecule has 1 aliphatic heterocycles. The maximum atomic E-state index is 15.1. The number of nitrogens with zero attached hydrogens (tertiary/aromatic N) is 2. The van der Waals surface area contributed by atoms with E-state index in [1.165, 1.54) is 44.2 Å². The number of methoxy groups -OCH3 is 2. The van der Waals surface area contributed by atoms with E-state index in [-0.39, 0.29) is 16.3 Å². The van der Waals surface area contributed by atoms with Gasteiger partial charge in [0.15, 0.2) is 23.1 Å². The molecule has 0 amide bonds. The second kappa shape index (κ2) is 13.5. The topological polar surface area (TPSA) is 99.2 Å². The highest BCUT2D eigenvalue weighted by molar-refractivity contribution is 7.92. The molecule has 1 N–H and O–H groups in total. The van der Waals surface area contributed by atoms with Crippen molar-refractivity contribution in [1.29, 1.82) is 0 Å². The highest BCUT2D eigenvalue weighted by atomic mass is 32.2. The Balaban J connectivity index is 1.28. The van der Waals surface area contributed by atoms with Crippen molar-refractivity contribution in [1.82, 2.24) is 9.88 Å². The van der Waals surface area contributed by atoms with Gasteiger partial charge in [-0.15, -0.1) is 0 Å². The number of fused-ring (bicyclic) bond motifs is 1. The van der Waals surface area contributed by atoms with Gasteiger partial charge in [0.2, 0.25) is 0 Å². The summed E-state index contributed by atoms with van der Waals surface area (Å²) < 4.78 is 65.8. The first kappa shape index (κ1) is 30.4. The summed E-state index contributed by atoms with van der Waals surface area (Å²) in [6, 6.07) is 15.0. The Hall–Kier alpha value is -4.09. The van der Waals surface area contributed by atoms with E-state index in [1.54, 1.807) is 43.6 Å². The van der Waals surface area contributed by atoms with Gasteiger partial charge in [-0.3, -0.25) is 9.71 Å². The second-order valence-corrected chi connectivity index (χ2v) is 12.3. The smallest absolute Gasteiger partial charge is 0.262 e. The highest BCUT2D eigenvalue weighted by Crippen LogP contribution is 2.38. The number of piperidine rings is 1. The largest absolute Gasteiger partial charge is 0.497 e. The van der Waals surface area contributed by atoms with Crippen LogP contribution >= 0.6 is 0 Å². The van der Waals surface area contributed by atoms with Gasteiger partial charge in [0, 0.05) is 42.9 Å². The third-order valence-corrected chi connectivity index (χ3v) is 8.74. The van der Waals surface area contributed by atoms with Crippen molar-refractivity contribution in [2.45, 2.75) is 31.1 Å². The molecule has 1 fully saturated rings. The lowest BCUT2D eigenvalue weighted by Gasteiger charge is -2.30. The summed E-state index contributed by atoms with van der Waals surface area (Å²) in [5, 5.41) is 0.608. The first-order valence-electron chi connectivity index (χ1n) is 14.2. The normalized spacial score (nSPS) is 15.7. The number of ether oxygens (including phenoxy) is 4. The lowest BCUT2D eigenvalue weighted by Crippen LogP contribution is -2.35. The molecule has 4 aromatic rings. The van der Waals surface area contributed by atoms with Crippen molar-refractivity contribution in [3.63, 3.8) is 0 Å². The van der Waals surface area contributed by atoms with E-state index < -0.39 is 15.8 Å². The van der Waals surface area contributed by atoms with Crippen molar-refractivity contribution < 1.29 is 31.8 Å². The van der Waals surface area contributed by atoms with Gasteiger partial charge >= 0.3 is 0 Å². The predicted octanol–water partition coefficient (Wildman–Crippen LogP) is 6.49. The average Bonchev–Trinajstić information content (AvgIpc) is 3.00. The number of hydrogen-bond acceptors (Lipinski definition) is 8. The van der Waals surface area contributed by atoms with E-state index in [1.807, 2.05) is 0 Å². The molecule has 1 saturated heterocycles. The van der Waals surface area contributed by atoms with E-state index >= 15 is 4.39 Å². The number of likely N-dealkylation sites (tertiary alicyclic amines) is 1. The number of anilines is 1. The van der Waals surface area contributed by atoms with Crippen LogP contribution in [-0.4, -0.2) is 58.8 Å². The van der Waals surface area contributed by atoms with Crippen molar-refractivity contribution in [3.05, 3.63) is 72.7 Å². The van der Waals surface area contributed by atoms with Crippen molar-refractivity contribution in [3.8, 4) is 28.7 Å². The van der Waals surface area contributed by atoms with E-state index in [4.69, 9.17) is 18.9 Å². The van der Waals surface area contributed by atoms with E-state index in [0.717, 1.165) is 38.0 Å². The van der Waals surface area contributed by atoms with Gasteiger partial charge in [0.1, 0.15) is 11.5 Å². The summed E-state index contributed by atoms with van der Waals surface area (Å²) in [6.07, 6.45) is 5.01. The van der Waals surface area contributed by atoms with Crippen LogP contribution in [0.15, 0.2) is 71.8 Å². The van der Waals surface area contributed by atoms with E-state index in [2.05, 4.69) is 21.5 Å². The maximum Gasteiger partial charge on any atom is 0.262 e. The fourth-order valence-corrected chi connectivity index (χ4v) is 6.28. The molecule has 3 aromatic carbocycles. The molecule has 5 rings (SSSR count). The Morgan fingerprint density at radius 1 is 1.00 bits per heavy atom. The molecule has 11 heteroatoms. The molecule has 0 bridgehead atoms. The van der Waals surface area contributed by atoms with Crippen molar-refractivity contribution >= 4 is 26.6 Å². The molecule has 1 aliphatic rings. The van der Waals surface area contributed by atoms with Crippen LogP contribution in [0.2, 0.25) is 0 Å². The standard InChI is InChI=1S/C32H36FN3O6S/c1-22-7-5-14-36(21-22)15-6-16-41-32-20-28-26(19-31(32)40-3)29(12-13-34-28)42-30-11-10-23(17-27(30)33)35-43(37,38)25-9-4-8-24(18-25)39-2/h4,8-13,17-20,22,35H,5-7,14-16,21H2,1-3H3. The fourth-order valence-electron chi connectivity index (χ4n) is 5.20. The number of sulfonamides is 1. The minimum atomic E-state index is -3.97. The summed E-state index contributed by atoms with van der Waals surface area (Å²) in [7, 11) is -0.960. The Kier molecular flexibility index (Phi) is 9.52. The van der Waals surface area contributed by atoms with Crippen LogP contribution in [0, 0.1) is 11.7 Å². The highest BCUT2D eigenvalue weighted by Gasteiger charge is 2.19. The Labute approximate surface area is 251 Å².